The summed E-state index contributed by atoms with van der Waals surface area (Å²) < 4.78 is 0.960. The van der Waals surface area contributed by atoms with Gasteiger partial charge in [-0.05, 0) is 18.2 Å². The fourth-order valence-electron chi connectivity index (χ4n) is 1.23. The molecule has 1 aromatic carbocycles. The van der Waals surface area contributed by atoms with Crippen LogP contribution in [0.1, 0.15) is 10.4 Å². The first-order chi connectivity index (χ1) is 6.18. The minimum absolute atomic E-state index is 0.0284. The van der Waals surface area contributed by atoms with Crippen molar-refractivity contribution in [3.63, 3.8) is 0 Å². The second-order valence-electron chi connectivity index (χ2n) is 2.78. The van der Waals surface area contributed by atoms with Crippen molar-refractivity contribution in [3.05, 3.63) is 28.2 Å². The van der Waals surface area contributed by atoms with Crippen molar-refractivity contribution in [2.75, 3.05) is 5.75 Å². The van der Waals surface area contributed by atoms with E-state index < -0.39 is 0 Å². The van der Waals surface area contributed by atoms with Gasteiger partial charge in [-0.15, -0.1) is 11.8 Å². The van der Waals surface area contributed by atoms with Gasteiger partial charge in [-0.25, -0.2) is 0 Å². The molecule has 1 heterocycles. The monoisotopic (exact) mass is 320 g/mol. The number of ketones is 1. The van der Waals surface area contributed by atoms with Crippen molar-refractivity contribution < 1.29 is 4.79 Å². The van der Waals surface area contributed by atoms with Crippen molar-refractivity contribution in [1.82, 2.24) is 0 Å². The van der Waals surface area contributed by atoms with Crippen molar-refractivity contribution in [2.24, 2.45) is 0 Å². The van der Waals surface area contributed by atoms with Gasteiger partial charge in [0.15, 0.2) is 5.78 Å². The summed E-state index contributed by atoms with van der Waals surface area (Å²) in [5, 5.41) is 0. The summed E-state index contributed by atoms with van der Waals surface area (Å²) in [5.41, 5.74) is 0.826. The standard InChI is InChI=1S/C9H6Br2OS/c10-5-1-2-8-6(3-5)9(12)7(11)4-13-8/h1-3,7H,4H2. The fourth-order valence-corrected chi connectivity index (χ4v) is 3.19. The van der Waals surface area contributed by atoms with E-state index in [-0.39, 0.29) is 10.6 Å². The molecule has 4 heteroatoms. The van der Waals surface area contributed by atoms with Crippen LogP contribution in [0.4, 0.5) is 0 Å². The Labute approximate surface area is 97.5 Å². The number of carbonyl (C=O) groups excluding carboxylic acids is 1. The van der Waals surface area contributed by atoms with E-state index in [9.17, 15) is 4.79 Å². The number of halogens is 2. The lowest BCUT2D eigenvalue weighted by molar-refractivity contribution is 0.0992. The number of thioether (sulfide) groups is 1. The highest BCUT2D eigenvalue weighted by Gasteiger charge is 2.25. The number of benzene rings is 1. The lowest BCUT2D eigenvalue weighted by Crippen LogP contribution is -2.21. The second kappa shape index (κ2) is 3.75. The molecule has 0 N–H and O–H groups in total. The SMILES string of the molecule is O=C1c2cc(Br)ccc2SCC1Br. The van der Waals surface area contributed by atoms with Gasteiger partial charge in [-0.1, -0.05) is 31.9 Å². The van der Waals surface area contributed by atoms with Gasteiger partial charge in [0, 0.05) is 20.7 Å². The van der Waals surface area contributed by atoms with Crippen LogP contribution >= 0.6 is 43.6 Å². The third-order valence-corrected chi connectivity index (χ3v) is 4.71. The lowest BCUT2D eigenvalue weighted by atomic mass is 10.1. The number of Topliss-reactive ketones (excluding diaryl/α,β-unsaturated/α-hetero) is 1. The highest BCUT2D eigenvalue weighted by atomic mass is 79.9. The first-order valence-corrected chi connectivity index (χ1v) is 6.48. The molecule has 1 aliphatic heterocycles. The molecule has 1 unspecified atom stereocenters. The zero-order valence-electron chi connectivity index (χ0n) is 6.59. The Morgan fingerprint density at radius 1 is 1.46 bits per heavy atom. The molecule has 1 atom stereocenters. The number of rotatable bonds is 0. The molecular weight excluding hydrogens is 316 g/mol. The van der Waals surface area contributed by atoms with Crippen molar-refractivity contribution in [2.45, 2.75) is 9.72 Å². The minimum atomic E-state index is -0.0284. The summed E-state index contributed by atoms with van der Waals surface area (Å²) in [6.07, 6.45) is 0. The van der Waals surface area contributed by atoms with Gasteiger partial charge < -0.3 is 0 Å². The third-order valence-electron chi connectivity index (χ3n) is 1.88. The first-order valence-electron chi connectivity index (χ1n) is 3.79. The maximum atomic E-state index is 11.7. The molecule has 1 aliphatic rings. The van der Waals surface area contributed by atoms with E-state index in [0.717, 1.165) is 20.7 Å². The van der Waals surface area contributed by atoms with Crippen molar-refractivity contribution >= 4 is 49.4 Å². The Balaban J connectivity index is 2.51. The zero-order chi connectivity index (χ0) is 9.42. The zero-order valence-corrected chi connectivity index (χ0v) is 10.6. The van der Waals surface area contributed by atoms with Crippen LogP contribution in [0.2, 0.25) is 0 Å². The second-order valence-corrected chi connectivity index (χ2v) is 5.87. The maximum absolute atomic E-state index is 11.7. The van der Waals surface area contributed by atoms with E-state index in [0.29, 0.717) is 0 Å². The minimum Gasteiger partial charge on any atom is -0.293 e. The summed E-state index contributed by atoms with van der Waals surface area (Å²) in [6, 6.07) is 5.84. The van der Waals surface area contributed by atoms with Gasteiger partial charge in [-0.3, -0.25) is 4.79 Å². The maximum Gasteiger partial charge on any atom is 0.178 e. The highest BCUT2D eigenvalue weighted by molar-refractivity contribution is 9.10. The Bertz CT molecular complexity index is 365. The number of hydrogen-bond donors (Lipinski definition) is 0. The Morgan fingerprint density at radius 2 is 2.23 bits per heavy atom. The molecule has 0 aliphatic carbocycles. The smallest absolute Gasteiger partial charge is 0.178 e. The predicted molar refractivity (Wildman–Crippen MR) is 61.9 cm³/mol. The first kappa shape index (κ1) is 9.74. The van der Waals surface area contributed by atoms with Crippen LogP contribution in [0.5, 0.6) is 0 Å². The molecule has 0 spiro atoms. The fraction of sp³-hybridized carbons (Fsp3) is 0.222. The third kappa shape index (κ3) is 1.85. The summed E-state index contributed by atoms with van der Waals surface area (Å²) >= 11 is 8.44. The molecule has 0 aromatic heterocycles. The van der Waals surface area contributed by atoms with E-state index in [1.807, 2.05) is 18.2 Å². The lowest BCUT2D eigenvalue weighted by Gasteiger charge is -2.18. The molecule has 1 aromatic rings. The van der Waals surface area contributed by atoms with Gasteiger partial charge in [0.25, 0.3) is 0 Å². The highest BCUT2D eigenvalue weighted by Crippen LogP contribution is 2.34. The van der Waals surface area contributed by atoms with E-state index in [1.165, 1.54) is 0 Å². The summed E-state index contributed by atoms with van der Waals surface area (Å²) in [5.74, 6) is 1.02. The molecule has 0 saturated heterocycles. The van der Waals surface area contributed by atoms with Crippen LogP contribution in [-0.2, 0) is 0 Å². The molecule has 0 fully saturated rings. The predicted octanol–water partition coefficient (Wildman–Crippen LogP) is 3.50. The molecular formula is C9H6Br2OS. The summed E-state index contributed by atoms with van der Waals surface area (Å²) in [4.78, 5) is 12.7. The van der Waals surface area contributed by atoms with E-state index >= 15 is 0 Å². The Kier molecular flexibility index (Phi) is 2.81. The topological polar surface area (TPSA) is 17.1 Å². The number of carbonyl (C=O) groups is 1. The quantitative estimate of drug-likeness (QED) is 0.680. The van der Waals surface area contributed by atoms with Gasteiger partial charge in [-0.2, -0.15) is 0 Å². The van der Waals surface area contributed by atoms with Crippen molar-refractivity contribution in [1.29, 1.82) is 0 Å². The number of hydrogen-bond acceptors (Lipinski definition) is 2. The molecule has 1 nitrogen and oxygen atoms in total. The number of alkyl halides is 1. The number of fused-ring (bicyclic) bond motifs is 1. The molecule has 0 radical (unpaired) electrons. The molecule has 68 valence electrons. The van der Waals surface area contributed by atoms with Crippen LogP contribution in [0, 0.1) is 0 Å². The van der Waals surface area contributed by atoms with Gasteiger partial charge >= 0.3 is 0 Å². The van der Waals surface area contributed by atoms with E-state index in [2.05, 4.69) is 31.9 Å². The van der Waals surface area contributed by atoms with Crippen LogP contribution in [0.15, 0.2) is 27.6 Å². The van der Waals surface area contributed by atoms with Gasteiger partial charge in [0.05, 0.1) is 4.83 Å². The molecule has 0 amide bonds. The van der Waals surface area contributed by atoms with E-state index in [1.54, 1.807) is 11.8 Å². The molecule has 2 rings (SSSR count). The van der Waals surface area contributed by atoms with Gasteiger partial charge in [0.2, 0.25) is 0 Å². The van der Waals surface area contributed by atoms with Crippen LogP contribution in [0.25, 0.3) is 0 Å². The summed E-state index contributed by atoms with van der Waals surface area (Å²) in [7, 11) is 0. The Hall–Kier alpha value is 0.200. The average Bonchev–Trinajstić information content (AvgIpc) is 2.12. The largest absolute Gasteiger partial charge is 0.293 e. The average molecular weight is 322 g/mol. The molecule has 13 heavy (non-hydrogen) atoms. The van der Waals surface area contributed by atoms with E-state index in [4.69, 9.17) is 0 Å². The van der Waals surface area contributed by atoms with Crippen LogP contribution in [0.3, 0.4) is 0 Å². The van der Waals surface area contributed by atoms with Crippen LogP contribution < -0.4 is 0 Å². The van der Waals surface area contributed by atoms with Crippen LogP contribution in [-0.4, -0.2) is 16.4 Å². The molecule has 0 saturated carbocycles. The van der Waals surface area contributed by atoms with Crippen molar-refractivity contribution in [3.8, 4) is 0 Å². The Morgan fingerprint density at radius 3 is 3.00 bits per heavy atom. The van der Waals surface area contributed by atoms with Gasteiger partial charge in [0.1, 0.15) is 0 Å². The summed E-state index contributed by atoms with van der Waals surface area (Å²) in [6.45, 7) is 0. The normalized spacial score (nSPS) is 21.4. The molecule has 0 bridgehead atoms.